The van der Waals surface area contributed by atoms with Crippen LogP contribution in [0, 0.1) is 52.3 Å². The monoisotopic (exact) mass is 622 g/mol. The van der Waals surface area contributed by atoms with E-state index < -0.39 is 33.0 Å². The first-order chi connectivity index (χ1) is 18.8. The van der Waals surface area contributed by atoms with Crippen LogP contribution in [0.1, 0.15) is 106 Å². The molecule has 0 aromatic rings. The van der Waals surface area contributed by atoms with Crippen LogP contribution in [0.4, 0.5) is 0 Å². The molecule has 4 saturated carbocycles. The summed E-state index contributed by atoms with van der Waals surface area (Å²) in [4.78, 5) is 12.0. The van der Waals surface area contributed by atoms with Gasteiger partial charge in [-0.2, -0.15) is 16.8 Å². The molecule has 4 fully saturated rings. The van der Waals surface area contributed by atoms with Gasteiger partial charge in [-0.25, -0.2) is 8.37 Å². The zero-order chi connectivity index (χ0) is 30.5. The van der Waals surface area contributed by atoms with Gasteiger partial charge in [0.1, 0.15) is 6.10 Å². The van der Waals surface area contributed by atoms with E-state index in [0.717, 1.165) is 38.5 Å². The summed E-state index contributed by atoms with van der Waals surface area (Å²) in [6.45, 7) is 12.6. The summed E-state index contributed by atoms with van der Waals surface area (Å²) in [5, 5.41) is 0. The third kappa shape index (κ3) is 7.14. The highest BCUT2D eigenvalue weighted by Crippen LogP contribution is 2.69. The Morgan fingerprint density at radius 1 is 0.829 bits per heavy atom. The van der Waals surface area contributed by atoms with Crippen molar-refractivity contribution in [1.29, 1.82) is 0 Å². The average molecular weight is 623 g/mol. The summed E-state index contributed by atoms with van der Waals surface area (Å²) < 4.78 is 82.0. The highest BCUT2D eigenvalue weighted by atomic mass is 32.3. The predicted octanol–water partition coefficient (Wildman–Crippen LogP) is 5.64. The molecule has 0 radical (unpaired) electrons. The average Bonchev–Trinajstić information content (AvgIpc) is 3.17. The Hall–Kier alpha value is -0.790. The molecule has 0 aromatic heterocycles. The zero-order valence-corrected chi connectivity index (χ0v) is 27.0. The molecule has 0 aromatic carbocycles. The standard InChI is InChI=1S/C29H50O10S2/c1-17(2)7-10-26(37-19(4)30)18(3)22-8-9-23-21-16-27(39-41(34,35)36)25-15-20(38-40(31,32)33)11-13-29(25,6)24(21)12-14-28(22,23)5/h17-18,20-27H,7-16H2,1-6H3,(H,31,32,33)(H,34,35,36)/t18-,20-,21-,22+,23-,24-,25?,26+,27-,28+,29+/m0/s1. The van der Waals surface area contributed by atoms with Gasteiger partial charge in [-0.1, -0.05) is 34.6 Å². The Balaban J connectivity index is 1.61. The molecule has 0 aliphatic heterocycles. The van der Waals surface area contributed by atoms with Gasteiger partial charge >= 0.3 is 26.8 Å². The first-order valence-corrected chi connectivity index (χ1v) is 18.1. The molecule has 4 aliphatic rings. The molecule has 4 rings (SSSR count). The lowest BCUT2D eigenvalue weighted by Crippen LogP contribution is -2.59. The third-order valence-corrected chi connectivity index (χ3v) is 12.8. The Morgan fingerprint density at radius 3 is 2.02 bits per heavy atom. The van der Waals surface area contributed by atoms with Crippen molar-refractivity contribution in [3.05, 3.63) is 0 Å². The number of hydrogen-bond acceptors (Lipinski definition) is 8. The van der Waals surface area contributed by atoms with E-state index in [1.807, 2.05) is 0 Å². The first kappa shape index (κ1) is 33.1. The van der Waals surface area contributed by atoms with E-state index in [9.17, 15) is 30.7 Å². The van der Waals surface area contributed by atoms with E-state index in [2.05, 4.69) is 34.6 Å². The highest BCUT2D eigenvalue weighted by Gasteiger charge is 2.63. The Morgan fingerprint density at radius 2 is 1.44 bits per heavy atom. The largest absolute Gasteiger partial charge is 0.462 e. The van der Waals surface area contributed by atoms with Gasteiger partial charge in [0.15, 0.2) is 0 Å². The van der Waals surface area contributed by atoms with E-state index in [-0.39, 0.29) is 53.0 Å². The van der Waals surface area contributed by atoms with E-state index in [4.69, 9.17) is 13.1 Å². The van der Waals surface area contributed by atoms with Crippen molar-refractivity contribution in [3.8, 4) is 0 Å². The molecule has 2 N–H and O–H groups in total. The number of ether oxygens (including phenoxy) is 1. The van der Waals surface area contributed by atoms with Crippen LogP contribution in [0.5, 0.6) is 0 Å². The molecule has 0 saturated heterocycles. The minimum absolute atomic E-state index is 0.00602. The maximum Gasteiger partial charge on any atom is 0.397 e. The second kappa shape index (κ2) is 12.0. The lowest BCUT2D eigenvalue weighted by atomic mass is 9.43. The van der Waals surface area contributed by atoms with Crippen LogP contribution in [0.3, 0.4) is 0 Å². The fourth-order valence-corrected chi connectivity index (χ4v) is 11.1. The molecule has 11 atom stereocenters. The van der Waals surface area contributed by atoms with Crippen molar-refractivity contribution >= 4 is 26.8 Å². The fourth-order valence-electron chi connectivity index (χ4n) is 10.1. The van der Waals surface area contributed by atoms with Crippen LogP contribution >= 0.6 is 0 Å². The first-order valence-electron chi connectivity index (χ1n) is 15.3. The Bertz CT molecular complexity index is 1170. The van der Waals surface area contributed by atoms with Crippen LogP contribution in [0.2, 0.25) is 0 Å². The van der Waals surface area contributed by atoms with Crippen molar-refractivity contribution in [3.63, 3.8) is 0 Å². The minimum atomic E-state index is -4.75. The summed E-state index contributed by atoms with van der Waals surface area (Å²) in [6.07, 6.45) is 5.77. The van der Waals surface area contributed by atoms with Crippen molar-refractivity contribution in [2.75, 3.05) is 0 Å². The number of hydrogen-bond donors (Lipinski definition) is 2. The van der Waals surface area contributed by atoms with Gasteiger partial charge in [0, 0.05) is 6.92 Å². The summed E-state index contributed by atoms with van der Waals surface area (Å²) >= 11 is 0. The predicted molar refractivity (Wildman–Crippen MR) is 152 cm³/mol. The highest BCUT2D eigenvalue weighted by molar-refractivity contribution is 7.81. The summed E-state index contributed by atoms with van der Waals surface area (Å²) in [7, 11) is -9.40. The molecule has 0 bridgehead atoms. The van der Waals surface area contributed by atoms with Gasteiger partial charge in [-0.05, 0) is 116 Å². The molecular weight excluding hydrogens is 572 g/mol. The van der Waals surface area contributed by atoms with E-state index in [0.29, 0.717) is 37.0 Å². The summed E-state index contributed by atoms with van der Waals surface area (Å²) in [6, 6.07) is 0. The lowest BCUT2D eigenvalue weighted by Gasteiger charge is -2.62. The summed E-state index contributed by atoms with van der Waals surface area (Å²) in [5.41, 5.74) is -0.339. The SMILES string of the molecule is CC(=O)O[C@H](CCC(C)C)[C@@H](C)[C@H]1CC[C@H]2[C@@H]3C[C@H](OS(=O)(=O)O)C4C[C@@H](OS(=O)(=O)O)CC[C@]4(C)[C@H]3CC[C@]12C. The number of fused-ring (bicyclic) bond motifs is 5. The lowest BCUT2D eigenvalue weighted by molar-refractivity contribution is -0.168. The zero-order valence-electron chi connectivity index (χ0n) is 25.3. The number of carbonyl (C=O) groups excluding carboxylic acids is 1. The molecule has 41 heavy (non-hydrogen) atoms. The third-order valence-electron chi connectivity index (χ3n) is 11.7. The van der Waals surface area contributed by atoms with Crippen LogP contribution in [0.15, 0.2) is 0 Å². The van der Waals surface area contributed by atoms with Crippen molar-refractivity contribution in [2.24, 2.45) is 52.3 Å². The summed E-state index contributed by atoms with van der Waals surface area (Å²) in [5.74, 6) is 1.25. The molecule has 0 amide bonds. The fraction of sp³-hybridized carbons (Fsp3) is 0.966. The molecule has 12 heteroatoms. The van der Waals surface area contributed by atoms with Crippen LogP contribution in [0.25, 0.3) is 0 Å². The Kier molecular flexibility index (Phi) is 9.65. The molecule has 4 aliphatic carbocycles. The number of rotatable bonds is 10. The van der Waals surface area contributed by atoms with Gasteiger partial charge in [-0.15, -0.1) is 0 Å². The second-order valence-electron chi connectivity index (χ2n) is 14.4. The molecule has 10 nitrogen and oxygen atoms in total. The Labute approximate surface area is 246 Å². The molecule has 1 unspecified atom stereocenters. The van der Waals surface area contributed by atoms with Crippen LogP contribution in [-0.2, 0) is 38.7 Å². The minimum Gasteiger partial charge on any atom is -0.462 e. The van der Waals surface area contributed by atoms with Crippen LogP contribution < -0.4 is 0 Å². The van der Waals surface area contributed by atoms with Gasteiger partial charge in [-0.3, -0.25) is 13.9 Å². The van der Waals surface area contributed by atoms with Gasteiger partial charge in [0.05, 0.1) is 12.2 Å². The molecule has 0 heterocycles. The number of carbonyl (C=O) groups is 1. The van der Waals surface area contributed by atoms with E-state index >= 15 is 0 Å². The quantitative estimate of drug-likeness (QED) is 0.231. The maximum absolute atomic E-state index is 12.0. The normalized spacial score (nSPS) is 40.8. The second-order valence-corrected chi connectivity index (χ2v) is 16.5. The topological polar surface area (TPSA) is 154 Å². The van der Waals surface area contributed by atoms with E-state index in [1.165, 1.54) is 6.92 Å². The van der Waals surface area contributed by atoms with Crippen molar-refractivity contribution in [2.45, 2.75) is 124 Å². The number of esters is 1. The van der Waals surface area contributed by atoms with E-state index in [1.54, 1.807) is 0 Å². The maximum atomic E-state index is 12.0. The van der Waals surface area contributed by atoms with Crippen molar-refractivity contribution < 1.29 is 43.8 Å². The van der Waals surface area contributed by atoms with Gasteiger partial charge in [0.2, 0.25) is 0 Å². The molecule has 238 valence electrons. The van der Waals surface area contributed by atoms with Crippen molar-refractivity contribution in [1.82, 2.24) is 0 Å². The van der Waals surface area contributed by atoms with Gasteiger partial charge < -0.3 is 4.74 Å². The molecular formula is C29H50O10S2. The molecule has 0 spiro atoms. The van der Waals surface area contributed by atoms with Gasteiger partial charge in [0.25, 0.3) is 0 Å². The smallest absolute Gasteiger partial charge is 0.397 e. The van der Waals surface area contributed by atoms with Crippen LogP contribution in [-0.4, -0.2) is 50.2 Å².